The van der Waals surface area contributed by atoms with E-state index in [-0.39, 0.29) is 12.2 Å². The van der Waals surface area contributed by atoms with Gasteiger partial charge in [-0.1, -0.05) is 26.2 Å². The van der Waals surface area contributed by atoms with Gasteiger partial charge in [-0.3, -0.25) is 0 Å². The first-order valence-electron chi connectivity index (χ1n) is 5.07. The fraction of sp³-hybridized carbons (Fsp3) is 1.00. The van der Waals surface area contributed by atoms with Crippen LogP contribution in [0.15, 0.2) is 0 Å². The van der Waals surface area contributed by atoms with Crippen molar-refractivity contribution >= 4 is 10.0 Å². The van der Waals surface area contributed by atoms with Gasteiger partial charge in [0.15, 0.2) is 0 Å². The molecule has 0 heterocycles. The molecule has 0 spiro atoms. The average molecular weight is 225 g/mol. The van der Waals surface area contributed by atoms with Crippen molar-refractivity contribution in [3.8, 4) is 0 Å². The Hall–Kier alpha value is -0.160. The number of hydrogen-bond donors (Lipinski definition) is 1. The van der Waals surface area contributed by atoms with Crippen LogP contribution in [-0.4, -0.2) is 27.4 Å². The second kappa shape index (κ2) is 7.17. The Labute approximate surface area is 86.1 Å². The number of unbranched alkanes of at least 4 members (excludes halogenated alkanes) is 2. The van der Waals surface area contributed by atoms with Crippen LogP contribution in [0.4, 0.5) is 4.39 Å². The largest absolute Gasteiger partial charge is 0.247 e. The van der Waals surface area contributed by atoms with Gasteiger partial charge in [-0.15, -0.1) is 0 Å². The minimum absolute atomic E-state index is 0.104. The van der Waals surface area contributed by atoms with Crippen LogP contribution >= 0.6 is 0 Å². The minimum Gasteiger partial charge on any atom is -0.247 e. The predicted octanol–water partition coefficient (Wildman–Crippen LogP) is 1.84. The first-order chi connectivity index (χ1) is 6.52. The van der Waals surface area contributed by atoms with Crippen molar-refractivity contribution in [1.82, 2.24) is 4.72 Å². The minimum atomic E-state index is -3.24. The molecule has 0 saturated heterocycles. The van der Waals surface area contributed by atoms with E-state index in [0.717, 1.165) is 19.3 Å². The number of sulfonamides is 1. The number of alkyl halides is 1. The monoisotopic (exact) mass is 225 g/mol. The summed E-state index contributed by atoms with van der Waals surface area (Å²) in [5.74, 6) is -0.114. The molecule has 0 aromatic heterocycles. The van der Waals surface area contributed by atoms with Gasteiger partial charge in [0.2, 0.25) is 10.0 Å². The SMILES string of the molecule is CCCCCC(F)CCS(=O)(=O)NC. The number of nitrogens with one attached hydrogen (secondary N) is 1. The molecule has 86 valence electrons. The van der Waals surface area contributed by atoms with Crippen LogP contribution in [0.5, 0.6) is 0 Å². The first kappa shape index (κ1) is 13.8. The molecule has 0 amide bonds. The van der Waals surface area contributed by atoms with E-state index in [1.54, 1.807) is 0 Å². The van der Waals surface area contributed by atoms with E-state index in [1.165, 1.54) is 7.05 Å². The zero-order chi connectivity index (χ0) is 11.0. The fourth-order valence-corrected chi connectivity index (χ4v) is 1.92. The summed E-state index contributed by atoms with van der Waals surface area (Å²) in [5.41, 5.74) is 0. The van der Waals surface area contributed by atoms with E-state index >= 15 is 0 Å². The number of hydrogen-bond acceptors (Lipinski definition) is 2. The molecule has 3 nitrogen and oxygen atoms in total. The molecule has 0 aromatic carbocycles. The summed E-state index contributed by atoms with van der Waals surface area (Å²) in [6.07, 6.45) is 2.52. The van der Waals surface area contributed by atoms with Gasteiger partial charge in [-0.2, -0.15) is 0 Å². The van der Waals surface area contributed by atoms with Gasteiger partial charge in [0.25, 0.3) is 0 Å². The zero-order valence-corrected chi connectivity index (χ0v) is 9.74. The highest BCUT2D eigenvalue weighted by Gasteiger charge is 2.12. The van der Waals surface area contributed by atoms with Gasteiger partial charge >= 0.3 is 0 Å². The van der Waals surface area contributed by atoms with Crippen molar-refractivity contribution in [3.05, 3.63) is 0 Å². The highest BCUT2D eigenvalue weighted by atomic mass is 32.2. The van der Waals surface area contributed by atoms with Crippen molar-refractivity contribution in [3.63, 3.8) is 0 Å². The van der Waals surface area contributed by atoms with Crippen molar-refractivity contribution in [2.24, 2.45) is 0 Å². The van der Waals surface area contributed by atoms with E-state index < -0.39 is 16.2 Å². The fourth-order valence-electron chi connectivity index (χ4n) is 1.15. The van der Waals surface area contributed by atoms with Gasteiger partial charge in [0, 0.05) is 0 Å². The molecule has 0 radical (unpaired) electrons. The van der Waals surface area contributed by atoms with Crippen molar-refractivity contribution < 1.29 is 12.8 Å². The zero-order valence-electron chi connectivity index (χ0n) is 8.92. The summed E-state index contributed by atoms with van der Waals surface area (Å²) in [6.45, 7) is 2.05. The highest BCUT2D eigenvalue weighted by molar-refractivity contribution is 7.89. The Balaban J connectivity index is 3.58. The van der Waals surface area contributed by atoms with Crippen LogP contribution in [0.3, 0.4) is 0 Å². The van der Waals surface area contributed by atoms with Gasteiger partial charge in [-0.05, 0) is 19.9 Å². The van der Waals surface area contributed by atoms with E-state index in [2.05, 4.69) is 11.6 Å². The average Bonchev–Trinajstić information content (AvgIpc) is 2.16. The molecule has 0 aromatic rings. The van der Waals surface area contributed by atoms with E-state index in [9.17, 15) is 12.8 Å². The second-order valence-corrected chi connectivity index (χ2v) is 5.45. The molecule has 0 rings (SSSR count). The quantitative estimate of drug-likeness (QED) is 0.641. The van der Waals surface area contributed by atoms with Crippen molar-refractivity contribution in [1.29, 1.82) is 0 Å². The van der Waals surface area contributed by atoms with E-state index in [4.69, 9.17) is 0 Å². The van der Waals surface area contributed by atoms with Gasteiger partial charge in [-0.25, -0.2) is 17.5 Å². The lowest BCUT2D eigenvalue weighted by Crippen LogP contribution is -2.23. The summed E-state index contributed by atoms with van der Waals surface area (Å²) in [4.78, 5) is 0. The maximum absolute atomic E-state index is 13.1. The lowest BCUT2D eigenvalue weighted by atomic mass is 10.1. The molecule has 1 N–H and O–H groups in total. The van der Waals surface area contributed by atoms with Crippen LogP contribution in [-0.2, 0) is 10.0 Å². The summed E-state index contributed by atoms with van der Waals surface area (Å²) in [6, 6.07) is 0. The molecule has 0 aliphatic rings. The summed E-state index contributed by atoms with van der Waals surface area (Å²) in [5, 5.41) is 0. The van der Waals surface area contributed by atoms with Crippen molar-refractivity contribution in [2.45, 2.75) is 45.2 Å². The molecule has 14 heavy (non-hydrogen) atoms. The van der Waals surface area contributed by atoms with E-state index in [1.807, 2.05) is 0 Å². The molecule has 0 aliphatic carbocycles. The molecular weight excluding hydrogens is 205 g/mol. The third-order valence-electron chi connectivity index (χ3n) is 2.13. The topological polar surface area (TPSA) is 46.2 Å². The van der Waals surface area contributed by atoms with Crippen LogP contribution in [0, 0.1) is 0 Å². The Kier molecular flexibility index (Phi) is 7.09. The third-order valence-corrected chi connectivity index (χ3v) is 3.53. The second-order valence-electron chi connectivity index (χ2n) is 3.40. The highest BCUT2D eigenvalue weighted by Crippen LogP contribution is 2.10. The molecule has 0 aliphatic heterocycles. The third kappa shape index (κ3) is 7.26. The molecule has 1 unspecified atom stereocenters. The summed E-state index contributed by atoms with van der Waals surface area (Å²) >= 11 is 0. The molecule has 5 heteroatoms. The number of rotatable bonds is 8. The van der Waals surface area contributed by atoms with Gasteiger partial charge in [0.05, 0.1) is 5.75 Å². The lowest BCUT2D eigenvalue weighted by molar-refractivity contribution is 0.297. The smallest absolute Gasteiger partial charge is 0.211 e. The Morgan fingerprint density at radius 1 is 1.29 bits per heavy atom. The van der Waals surface area contributed by atoms with Crippen molar-refractivity contribution in [2.75, 3.05) is 12.8 Å². The molecule has 1 atom stereocenters. The van der Waals surface area contributed by atoms with Gasteiger partial charge in [0.1, 0.15) is 6.17 Å². The molecular formula is C9H20FNO2S. The molecule has 0 bridgehead atoms. The van der Waals surface area contributed by atoms with E-state index in [0.29, 0.717) is 6.42 Å². The lowest BCUT2D eigenvalue weighted by Gasteiger charge is -2.07. The van der Waals surface area contributed by atoms with Crippen LogP contribution in [0.25, 0.3) is 0 Å². The maximum Gasteiger partial charge on any atom is 0.211 e. The Bertz CT molecular complexity index is 229. The van der Waals surface area contributed by atoms with Crippen LogP contribution in [0.1, 0.15) is 39.0 Å². The Morgan fingerprint density at radius 2 is 1.93 bits per heavy atom. The summed E-state index contributed by atoms with van der Waals surface area (Å²) < 4.78 is 37.2. The normalized spacial score (nSPS) is 14.2. The standard InChI is InChI=1S/C9H20FNO2S/c1-3-4-5-6-9(10)7-8-14(12,13)11-2/h9,11H,3-8H2,1-2H3. The maximum atomic E-state index is 13.1. The first-order valence-corrected chi connectivity index (χ1v) is 6.72. The predicted molar refractivity (Wildman–Crippen MR) is 56.5 cm³/mol. The molecule has 0 saturated carbocycles. The Morgan fingerprint density at radius 3 is 2.43 bits per heavy atom. The van der Waals surface area contributed by atoms with Crippen LogP contribution < -0.4 is 4.72 Å². The summed E-state index contributed by atoms with van der Waals surface area (Å²) in [7, 11) is -1.89. The number of halogens is 1. The van der Waals surface area contributed by atoms with Crippen LogP contribution in [0.2, 0.25) is 0 Å². The molecule has 0 fully saturated rings. The van der Waals surface area contributed by atoms with Gasteiger partial charge < -0.3 is 0 Å².